The molecule has 27 heavy (non-hydrogen) atoms. The third-order valence-corrected chi connectivity index (χ3v) is 5.66. The van der Waals surface area contributed by atoms with Crippen LogP contribution in [0.3, 0.4) is 0 Å². The number of likely N-dealkylation sites (N-methyl/N-ethyl adjacent to an activating group) is 1. The number of carbonyl (C=O) groups excluding carboxylic acids is 2. The van der Waals surface area contributed by atoms with Gasteiger partial charge in [-0.1, -0.05) is 11.6 Å². The fourth-order valence-corrected chi connectivity index (χ4v) is 4.18. The number of hydrogen-bond acceptors (Lipinski definition) is 5. The largest absolute Gasteiger partial charge is 0.416 e. The number of thioether (sulfide) groups is 1. The van der Waals surface area contributed by atoms with Crippen LogP contribution < -0.4 is 10.2 Å². The minimum Gasteiger partial charge on any atom is -0.368 e. The molecule has 0 bridgehead atoms. The summed E-state index contributed by atoms with van der Waals surface area (Å²) in [6.45, 7) is 1.23. The summed E-state index contributed by atoms with van der Waals surface area (Å²) in [5.74, 6) is -0.628. The number of carbonyl (C=O) groups is 2. The van der Waals surface area contributed by atoms with Gasteiger partial charge in [-0.25, -0.2) is 0 Å². The molecule has 2 fully saturated rings. The highest BCUT2D eigenvalue weighted by Gasteiger charge is 2.34. The van der Waals surface area contributed by atoms with Crippen molar-refractivity contribution in [1.29, 1.82) is 0 Å². The molecule has 0 aromatic heterocycles. The first kappa shape index (κ1) is 20.0. The topological polar surface area (TPSA) is 52.6 Å². The van der Waals surface area contributed by atoms with E-state index in [-0.39, 0.29) is 21.5 Å². The zero-order chi connectivity index (χ0) is 19.9. The number of nitrogens with one attached hydrogen (secondary N) is 1. The van der Waals surface area contributed by atoms with E-state index in [4.69, 9.17) is 11.6 Å². The van der Waals surface area contributed by atoms with Crippen molar-refractivity contribution in [3.05, 3.63) is 33.2 Å². The van der Waals surface area contributed by atoms with Crippen LogP contribution in [0.15, 0.2) is 17.0 Å². The molecular formula is C17H17ClF3N3O2S. The van der Waals surface area contributed by atoms with E-state index in [0.717, 1.165) is 18.6 Å². The monoisotopic (exact) mass is 419 g/mol. The maximum atomic E-state index is 13.2. The van der Waals surface area contributed by atoms with Crippen LogP contribution in [0.5, 0.6) is 0 Å². The van der Waals surface area contributed by atoms with E-state index in [9.17, 15) is 22.8 Å². The molecule has 2 aliphatic rings. The first-order valence-corrected chi connectivity index (χ1v) is 9.32. The number of alkyl halides is 3. The Morgan fingerprint density at radius 1 is 1.33 bits per heavy atom. The molecule has 5 nitrogen and oxygen atoms in total. The predicted molar refractivity (Wildman–Crippen MR) is 99.9 cm³/mol. The quantitative estimate of drug-likeness (QED) is 0.755. The summed E-state index contributed by atoms with van der Waals surface area (Å²) >= 11 is 6.89. The Kier molecular flexibility index (Phi) is 5.47. The lowest BCUT2D eigenvalue weighted by molar-refractivity contribution is -0.137. The van der Waals surface area contributed by atoms with Gasteiger partial charge < -0.3 is 9.80 Å². The number of rotatable bonds is 3. The molecule has 146 valence electrons. The summed E-state index contributed by atoms with van der Waals surface area (Å²) in [5, 5.41) is 1.51. The van der Waals surface area contributed by atoms with Crippen LogP contribution >= 0.6 is 23.4 Å². The number of imide groups is 1. The van der Waals surface area contributed by atoms with Gasteiger partial charge in [-0.2, -0.15) is 13.2 Å². The van der Waals surface area contributed by atoms with Gasteiger partial charge in [-0.3, -0.25) is 14.9 Å². The lowest BCUT2D eigenvalue weighted by Gasteiger charge is -2.25. The third-order valence-electron chi connectivity index (χ3n) is 4.56. The minimum atomic E-state index is -4.58. The van der Waals surface area contributed by atoms with Crippen LogP contribution in [-0.4, -0.2) is 49.3 Å². The fraction of sp³-hybridized carbons (Fsp3) is 0.412. The zero-order valence-corrected chi connectivity index (χ0v) is 16.1. The number of anilines is 1. The van der Waals surface area contributed by atoms with Gasteiger partial charge in [0.1, 0.15) is 0 Å². The van der Waals surface area contributed by atoms with Crippen LogP contribution in [0.4, 0.5) is 23.7 Å². The number of amides is 2. The molecular weight excluding hydrogens is 403 g/mol. The van der Waals surface area contributed by atoms with Gasteiger partial charge in [-0.15, -0.1) is 0 Å². The van der Waals surface area contributed by atoms with Gasteiger partial charge >= 0.3 is 6.18 Å². The summed E-state index contributed by atoms with van der Waals surface area (Å²) in [4.78, 5) is 27.2. The van der Waals surface area contributed by atoms with Crippen molar-refractivity contribution < 1.29 is 22.8 Å². The molecule has 2 saturated heterocycles. The molecule has 1 aromatic rings. The fourth-order valence-electron chi connectivity index (χ4n) is 3.16. The van der Waals surface area contributed by atoms with E-state index in [1.165, 1.54) is 6.08 Å². The van der Waals surface area contributed by atoms with Gasteiger partial charge in [0.2, 0.25) is 0 Å². The number of halogens is 4. The highest BCUT2D eigenvalue weighted by Crippen LogP contribution is 2.41. The van der Waals surface area contributed by atoms with Crippen molar-refractivity contribution in [2.45, 2.75) is 18.6 Å². The SMILES string of the molecule is CN(C)[C@H]1CCN(c2c(Cl)cc(C(F)(F)F)cc2/C=C2/SC(=O)NC2=O)C1. The predicted octanol–water partition coefficient (Wildman–Crippen LogP) is 3.82. The first-order valence-electron chi connectivity index (χ1n) is 8.13. The highest BCUT2D eigenvalue weighted by molar-refractivity contribution is 8.18. The number of benzene rings is 1. The molecule has 0 unspecified atom stereocenters. The van der Waals surface area contributed by atoms with Gasteiger partial charge in [0.05, 0.1) is 21.2 Å². The van der Waals surface area contributed by atoms with Crippen LogP contribution in [0.2, 0.25) is 5.02 Å². The Hall–Kier alpha value is -1.71. The van der Waals surface area contributed by atoms with E-state index >= 15 is 0 Å². The minimum absolute atomic E-state index is 0.0363. The standard InChI is InChI=1S/C17H17ClF3N3O2S/c1-23(2)11-3-4-24(8-11)14-9(6-13-15(25)22-16(26)27-13)5-10(7-12(14)18)17(19,20)21/h5-7,11H,3-4,8H2,1-2H3,(H,22,25,26)/b13-6+/t11-/m0/s1. The van der Waals surface area contributed by atoms with Crippen molar-refractivity contribution in [1.82, 2.24) is 10.2 Å². The molecule has 0 radical (unpaired) electrons. The Labute approximate surface area is 163 Å². The number of nitrogens with zero attached hydrogens (tertiary/aromatic N) is 2. The van der Waals surface area contributed by atoms with Crippen molar-refractivity contribution in [2.24, 2.45) is 0 Å². The summed E-state index contributed by atoms with van der Waals surface area (Å²) in [6, 6.07) is 2.11. The van der Waals surface area contributed by atoms with Crippen LogP contribution in [0.1, 0.15) is 17.5 Å². The molecule has 1 N–H and O–H groups in total. The lowest BCUT2D eigenvalue weighted by Crippen LogP contribution is -2.31. The molecule has 2 aliphatic heterocycles. The second-order valence-electron chi connectivity index (χ2n) is 6.60. The molecule has 0 spiro atoms. The average molecular weight is 420 g/mol. The van der Waals surface area contributed by atoms with E-state index in [2.05, 4.69) is 10.2 Å². The lowest BCUT2D eigenvalue weighted by atomic mass is 10.1. The maximum Gasteiger partial charge on any atom is 0.416 e. The van der Waals surface area contributed by atoms with Crippen molar-refractivity contribution >= 4 is 46.3 Å². The Morgan fingerprint density at radius 3 is 2.56 bits per heavy atom. The molecule has 3 rings (SSSR count). The van der Waals surface area contributed by atoms with Crippen LogP contribution in [0.25, 0.3) is 6.08 Å². The van der Waals surface area contributed by atoms with Crippen LogP contribution in [-0.2, 0) is 11.0 Å². The van der Waals surface area contributed by atoms with Crippen molar-refractivity contribution in [3.8, 4) is 0 Å². The first-order chi connectivity index (χ1) is 12.6. The summed E-state index contributed by atoms with van der Waals surface area (Å²) in [6.07, 6.45) is -2.44. The summed E-state index contributed by atoms with van der Waals surface area (Å²) in [7, 11) is 3.88. The molecule has 0 saturated carbocycles. The Bertz CT molecular complexity index is 826. The maximum absolute atomic E-state index is 13.2. The van der Waals surface area contributed by atoms with Gasteiger partial charge in [0.25, 0.3) is 11.1 Å². The normalized spacial score (nSPS) is 22.3. The van der Waals surface area contributed by atoms with Crippen LogP contribution in [0, 0.1) is 0 Å². The van der Waals surface area contributed by atoms with E-state index in [1.54, 1.807) is 0 Å². The molecule has 2 heterocycles. The van der Waals surface area contributed by atoms with Crippen molar-refractivity contribution in [2.75, 3.05) is 32.1 Å². The molecule has 2 amide bonds. The Morgan fingerprint density at radius 2 is 2.04 bits per heavy atom. The van der Waals surface area contributed by atoms with Crippen molar-refractivity contribution in [3.63, 3.8) is 0 Å². The van der Waals surface area contributed by atoms with E-state index in [1.807, 2.05) is 19.0 Å². The van der Waals surface area contributed by atoms with E-state index < -0.39 is 22.9 Å². The second-order valence-corrected chi connectivity index (χ2v) is 8.02. The molecule has 1 aromatic carbocycles. The molecule has 0 aliphatic carbocycles. The summed E-state index contributed by atoms with van der Waals surface area (Å²) < 4.78 is 39.7. The number of hydrogen-bond donors (Lipinski definition) is 1. The van der Waals surface area contributed by atoms with Gasteiger partial charge in [-0.05, 0) is 50.5 Å². The third kappa shape index (κ3) is 4.25. The molecule has 10 heteroatoms. The average Bonchev–Trinajstić information content (AvgIpc) is 3.13. The Balaban J connectivity index is 2.08. The second kappa shape index (κ2) is 7.37. The smallest absolute Gasteiger partial charge is 0.368 e. The zero-order valence-electron chi connectivity index (χ0n) is 14.6. The van der Waals surface area contributed by atoms with Gasteiger partial charge in [0.15, 0.2) is 0 Å². The van der Waals surface area contributed by atoms with E-state index in [0.29, 0.717) is 30.5 Å². The summed E-state index contributed by atoms with van der Waals surface area (Å²) in [5.41, 5.74) is -0.294. The molecule has 1 atom stereocenters. The highest BCUT2D eigenvalue weighted by atomic mass is 35.5. The van der Waals surface area contributed by atoms with Gasteiger partial charge in [0, 0.05) is 24.7 Å².